The maximum absolute atomic E-state index is 12.7. The molecular formula is C20H26ClN7O2. The Morgan fingerprint density at radius 2 is 2.07 bits per heavy atom. The van der Waals surface area contributed by atoms with Crippen molar-refractivity contribution < 1.29 is 9.32 Å². The van der Waals surface area contributed by atoms with Crippen LogP contribution in [0.2, 0.25) is 0 Å². The van der Waals surface area contributed by atoms with Crippen molar-refractivity contribution in [3.8, 4) is 0 Å². The van der Waals surface area contributed by atoms with Gasteiger partial charge in [0, 0.05) is 13.5 Å². The Balaban J connectivity index is 0.00000256. The predicted octanol–water partition coefficient (Wildman–Crippen LogP) is 1.94. The lowest BCUT2D eigenvalue weighted by Crippen LogP contribution is -2.32. The lowest BCUT2D eigenvalue weighted by molar-refractivity contribution is -0.131. The first-order chi connectivity index (χ1) is 14.1. The molecule has 1 atom stereocenters. The van der Waals surface area contributed by atoms with Gasteiger partial charge >= 0.3 is 0 Å². The molecule has 2 heterocycles. The number of benzene rings is 1. The summed E-state index contributed by atoms with van der Waals surface area (Å²) in [7, 11) is 1.70. The lowest BCUT2D eigenvalue weighted by atomic mass is 10.1. The molecule has 2 N–H and O–H groups in total. The van der Waals surface area contributed by atoms with Crippen LogP contribution in [0.5, 0.6) is 0 Å². The lowest BCUT2D eigenvalue weighted by Gasteiger charge is -2.17. The molecule has 1 fully saturated rings. The number of aromatic nitrogens is 5. The molecule has 0 saturated heterocycles. The molecule has 0 unspecified atom stereocenters. The summed E-state index contributed by atoms with van der Waals surface area (Å²) in [6, 6.07) is 9.69. The number of hydrogen-bond acceptors (Lipinski definition) is 7. The zero-order valence-electron chi connectivity index (χ0n) is 16.8. The molecule has 4 rings (SSSR count). The van der Waals surface area contributed by atoms with Gasteiger partial charge in [0.2, 0.25) is 12.3 Å². The highest BCUT2D eigenvalue weighted by Gasteiger charge is 2.26. The molecule has 10 heteroatoms. The van der Waals surface area contributed by atoms with Crippen LogP contribution in [0.25, 0.3) is 0 Å². The van der Waals surface area contributed by atoms with Crippen molar-refractivity contribution in [2.24, 2.45) is 11.7 Å². The minimum absolute atomic E-state index is 0. The van der Waals surface area contributed by atoms with Crippen LogP contribution in [0.15, 0.2) is 41.2 Å². The van der Waals surface area contributed by atoms with E-state index in [1.54, 1.807) is 16.6 Å². The number of likely N-dealkylation sites (N-methyl/N-ethyl adjacent to an activating group) is 1. The van der Waals surface area contributed by atoms with Gasteiger partial charge in [0.25, 0.3) is 0 Å². The van der Waals surface area contributed by atoms with Crippen molar-refractivity contribution in [3.63, 3.8) is 0 Å². The van der Waals surface area contributed by atoms with Crippen molar-refractivity contribution in [2.75, 3.05) is 7.05 Å². The average Bonchev–Trinajstić information content (AvgIpc) is 3.20. The van der Waals surface area contributed by atoms with Crippen molar-refractivity contribution >= 4 is 18.3 Å². The predicted molar refractivity (Wildman–Crippen MR) is 112 cm³/mol. The van der Waals surface area contributed by atoms with Gasteiger partial charge in [-0.2, -0.15) is 10.1 Å². The molecule has 0 bridgehead atoms. The van der Waals surface area contributed by atoms with Gasteiger partial charge in [-0.3, -0.25) is 4.79 Å². The first-order valence-corrected chi connectivity index (χ1v) is 9.81. The van der Waals surface area contributed by atoms with Crippen LogP contribution in [-0.4, -0.2) is 42.8 Å². The summed E-state index contributed by atoms with van der Waals surface area (Å²) in [4.78, 5) is 22.9. The van der Waals surface area contributed by atoms with E-state index in [0.717, 1.165) is 17.8 Å². The third kappa shape index (κ3) is 5.64. The second-order valence-corrected chi connectivity index (χ2v) is 7.58. The van der Waals surface area contributed by atoms with Crippen molar-refractivity contribution in [1.29, 1.82) is 0 Å². The Morgan fingerprint density at radius 1 is 1.30 bits per heavy atom. The number of carbonyl (C=O) groups excluding carboxylic acids is 1. The van der Waals surface area contributed by atoms with E-state index in [4.69, 9.17) is 15.2 Å². The van der Waals surface area contributed by atoms with E-state index < -0.39 is 0 Å². The smallest absolute Gasteiger partial charge is 0.244 e. The SMILES string of the molecule is CN(Cc1ncon1)C(=O)Cn1nc(CC2CC2)nc1[C@H](N)Cc1ccccc1.Cl. The van der Waals surface area contributed by atoms with Crippen molar-refractivity contribution in [3.05, 3.63) is 59.8 Å². The quantitative estimate of drug-likeness (QED) is 0.550. The third-order valence-corrected chi connectivity index (χ3v) is 5.04. The van der Waals surface area contributed by atoms with Crippen molar-refractivity contribution in [1.82, 2.24) is 29.8 Å². The standard InChI is InChI=1S/C20H25N7O2.ClH/c1-26(11-18-22-13-29-25-18)19(28)12-27-20(23-17(24-27)10-15-7-8-15)16(21)9-14-5-3-2-4-6-14;/h2-6,13,15-16H,7-12,21H2,1H3;1H/t16-;/m1./s1. The maximum Gasteiger partial charge on any atom is 0.244 e. The monoisotopic (exact) mass is 431 g/mol. The summed E-state index contributed by atoms with van der Waals surface area (Å²) in [6.07, 6.45) is 5.15. The van der Waals surface area contributed by atoms with Crippen LogP contribution in [0.1, 0.15) is 41.9 Å². The molecule has 0 radical (unpaired) electrons. The number of amides is 1. The van der Waals surface area contributed by atoms with Crippen LogP contribution < -0.4 is 5.73 Å². The summed E-state index contributed by atoms with van der Waals surface area (Å²) in [5.74, 6) is 2.40. The van der Waals surface area contributed by atoms with Gasteiger partial charge in [-0.05, 0) is 30.7 Å². The van der Waals surface area contributed by atoms with Crippen LogP contribution in [0.4, 0.5) is 0 Å². The van der Waals surface area contributed by atoms with Gasteiger partial charge in [0.1, 0.15) is 12.4 Å². The first-order valence-electron chi connectivity index (χ1n) is 9.81. The zero-order chi connectivity index (χ0) is 20.2. The van der Waals surface area contributed by atoms with E-state index in [0.29, 0.717) is 24.0 Å². The second-order valence-electron chi connectivity index (χ2n) is 7.58. The number of carbonyl (C=O) groups is 1. The largest absolute Gasteiger partial charge is 0.343 e. The van der Waals surface area contributed by atoms with E-state index in [1.807, 2.05) is 30.3 Å². The van der Waals surface area contributed by atoms with Gasteiger partial charge in [0.15, 0.2) is 11.6 Å². The van der Waals surface area contributed by atoms with E-state index in [2.05, 4.69) is 15.2 Å². The Kier molecular flexibility index (Phi) is 7.17. The minimum Gasteiger partial charge on any atom is -0.343 e. The molecule has 1 aliphatic rings. The summed E-state index contributed by atoms with van der Waals surface area (Å²) in [6.45, 7) is 0.341. The molecule has 1 amide bonds. The molecule has 1 saturated carbocycles. The highest BCUT2D eigenvalue weighted by molar-refractivity contribution is 5.85. The highest BCUT2D eigenvalue weighted by atomic mass is 35.5. The number of halogens is 1. The number of rotatable bonds is 9. The topological polar surface area (TPSA) is 116 Å². The molecule has 0 aliphatic heterocycles. The molecule has 1 aliphatic carbocycles. The first kappa shape index (κ1) is 21.9. The summed E-state index contributed by atoms with van der Waals surface area (Å²) in [5, 5.41) is 8.35. The Labute approximate surface area is 181 Å². The second kappa shape index (κ2) is 9.82. The maximum atomic E-state index is 12.7. The van der Waals surface area contributed by atoms with Crippen LogP contribution in [0, 0.1) is 5.92 Å². The van der Waals surface area contributed by atoms with Crippen LogP contribution >= 0.6 is 12.4 Å². The van der Waals surface area contributed by atoms with Gasteiger partial charge in [-0.25, -0.2) is 9.67 Å². The summed E-state index contributed by atoms with van der Waals surface area (Å²) in [5.41, 5.74) is 7.59. The molecule has 0 spiro atoms. The average molecular weight is 432 g/mol. The summed E-state index contributed by atoms with van der Waals surface area (Å²) < 4.78 is 6.38. The van der Waals surface area contributed by atoms with Gasteiger partial charge < -0.3 is 15.2 Å². The fourth-order valence-corrected chi connectivity index (χ4v) is 3.23. The molecule has 30 heavy (non-hydrogen) atoms. The third-order valence-electron chi connectivity index (χ3n) is 5.04. The van der Waals surface area contributed by atoms with Gasteiger partial charge in [-0.1, -0.05) is 35.5 Å². The Morgan fingerprint density at radius 3 is 2.73 bits per heavy atom. The van der Waals surface area contributed by atoms with E-state index in [-0.39, 0.29) is 37.4 Å². The van der Waals surface area contributed by atoms with Crippen LogP contribution in [0.3, 0.4) is 0 Å². The number of nitrogens with zero attached hydrogens (tertiary/aromatic N) is 6. The number of hydrogen-bond donors (Lipinski definition) is 1. The Hall–Kier alpha value is -2.78. The minimum atomic E-state index is -0.340. The van der Waals surface area contributed by atoms with Gasteiger partial charge in [0.05, 0.1) is 12.6 Å². The summed E-state index contributed by atoms with van der Waals surface area (Å²) >= 11 is 0. The number of nitrogens with two attached hydrogens (primary N) is 1. The highest BCUT2D eigenvalue weighted by Crippen LogP contribution is 2.32. The normalized spacial score (nSPS) is 14.2. The molecule has 9 nitrogen and oxygen atoms in total. The molecule has 2 aromatic heterocycles. The fourth-order valence-electron chi connectivity index (χ4n) is 3.23. The van der Waals surface area contributed by atoms with Crippen LogP contribution in [-0.2, 0) is 30.7 Å². The fraction of sp³-hybridized carbons (Fsp3) is 0.450. The molecular weight excluding hydrogens is 406 g/mol. The molecule has 1 aromatic carbocycles. The van der Waals surface area contributed by atoms with E-state index in [1.165, 1.54) is 19.2 Å². The molecule has 3 aromatic rings. The zero-order valence-corrected chi connectivity index (χ0v) is 17.7. The molecule has 160 valence electrons. The Bertz CT molecular complexity index is 941. The van der Waals surface area contributed by atoms with E-state index in [9.17, 15) is 4.79 Å². The van der Waals surface area contributed by atoms with Gasteiger partial charge in [-0.15, -0.1) is 12.4 Å². The van der Waals surface area contributed by atoms with E-state index >= 15 is 0 Å². The van der Waals surface area contributed by atoms with Crippen molar-refractivity contribution in [2.45, 2.75) is 44.8 Å².